The zero-order valence-corrected chi connectivity index (χ0v) is 12.5. The quantitative estimate of drug-likeness (QED) is 0.768. The number of hydrogen-bond acceptors (Lipinski definition) is 6. The molecule has 0 spiro atoms. The Balaban J connectivity index is 1.94. The van der Waals surface area contributed by atoms with Gasteiger partial charge < -0.3 is 9.64 Å². The summed E-state index contributed by atoms with van der Waals surface area (Å²) in [4.78, 5) is 20.0. The van der Waals surface area contributed by atoms with E-state index in [0.29, 0.717) is 18.5 Å². The Hall–Kier alpha value is -2.13. The van der Waals surface area contributed by atoms with Crippen LogP contribution in [0.4, 0.5) is 5.82 Å². The lowest BCUT2D eigenvalue weighted by Gasteiger charge is -2.35. The van der Waals surface area contributed by atoms with E-state index in [0.717, 1.165) is 37.7 Å². The molecule has 0 radical (unpaired) electrons. The Labute approximate surface area is 124 Å². The minimum Gasteiger partial charge on any atom is -0.469 e. The highest BCUT2D eigenvalue weighted by Crippen LogP contribution is 2.19. The number of nitriles is 1. The van der Waals surface area contributed by atoms with Crippen LogP contribution in [0.3, 0.4) is 0 Å². The Kier molecular flexibility index (Phi) is 5.12. The van der Waals surface area contributed by atoms with Crippen molar-refractivity contribution in [3.63, 3.8) is 0 Å². The van der Waals surface area contributed by atoms with E-state index in [1.807, 2.05) is 19.1 Å². The molecule has 6 heteroatoms. The summed E-state index contributed by atoms with van der Waals surface area (Å²) < 4.78 is 4.65. The highest BCUT2D eigenvalue weighted by Gasteiger charge is 2.20. The predicted molar refractivity (Wildman–Crippen MR) is 79.0 cm³/mol. The second-order valence-electron chi connectivity index (χ2n) is 5.09. The van der Waals surface area contributed by atoms with Crippen molar-refractivity contribution >= 4 is 11.8 Å². The standard InChI is InChI=1S/C15H20N4O2/c1-12-3-4-13(11-16)15(17-12)19-9-7-18(8-10-19)6-5-14(20)21-2/h3-4H,5-10H2,1-2H3. The van der Waals surface area contributed by atoms with Crippen LogP contribution in [0.25, 0.3) is 0 Å². The summed E-state index contributed by atoms with van der Waals surface area (Å²) in [6.07, 6.45) is 0.419. The number of ether oxygens (including phenoxy) is 1. The summed E-state index contributed by atoms with van der Waals surface area (Å²) in [5, 5.41) is 9.19. The Morgan fingerprint density at radius 3 is 2.71 bits per heavy atom. The zero-order valence-electron chi connectivity index (χ0n) is 12.5. The number of carbonyl (C=O) groups is 1. The lowest BCUT2D eigenvalue weighted by molar-refractivity contribution is -0.141. The minimum absolute atomic E-state index is 0.176. The summed E-state index contributed by atoms with van der Waals surface area (Å²) in [7, 11) is 1.41. The summed E-state index contributed by atoms with van der Waals surface area (Å²) in [6, 6.07) is 5.88. The summed E-state index contributed by atoms with van der Waals surface area (Å²) >= 11 is 0. The van der Waals surface area contributed by atoms with E-state index < -0.39 is 0 Å². The number of aromatic nitrogens is 1. The average Bonchev–Trinajstić information content (AvgIpc) is 2.53. The average molecular weight is 288 g/mol. The first-order valence-corrected chi connectivity index (χ1v) is 7.06. The molecule has 6 nitrogen and oxygen atoms in total. The van der Waals surface area contributed by atoms with Crippen LogP contribution in [0, 0.1) is 18.3 Å². The van der Waals surface area contributed by atoms with Crippen LogP contribution in [0.1, 0.15) is 17.7 Å². The van der Waals surface area contributed by atoms with Crippen molar-refractivity contribution in [1.82, 2.24) is 9.88 Å². The molecule has 0 amide bonds. The molecule has 1 fully saturated rings. The summed E-state index contributed by atoms with van der Waals surface area (Å²) in [6.45, 7) is 5.98. The zero-order chi connectivity index (χ0) is 15.2. The fraction of sp³-hybridized carbons (Fsp3) is 0.533. The largest absolute Gasteiger partial charge is 0.469 e. The summed E-state index contributed by atoms with van der Waals surface area (Å²) in [5.74, 6) is 0.592. The van der Waals surface area contributed by atoms with Gasteiger partial charge >= 0.3 is 5.97 Å². The molecule has 112 valence electrons. The predicted octanol–water partition coefficient (Wildman–Crippen LogP) is 0.947. The third-order valence-corrected chi connectivity index (χ3v) is 3.67. The molecule has 2 heterocycles. The minimum atomic E-state index is -0.176. The molecule has 0 unspecified atom stereocenters. The Morgan fingerprint density at radius 1 is 1.38 bits per heavy atom. The molecule has 0 aliphatic carbocycles. The number of pyridine rings is 1. The Bertz CT molecular complexity index is 545. The maximum Gasteiger partial charge on any atom is 0.306 e. The van der Waals surface area contributed by atoms with Crippen LogP contribution in [-0.4, -0.2) is 55.7 Å². The third kappa shape index (κ3) is 3.92. The number of carbonyl (C=O) groups excluding carboxylic acids is 1. The van der Waals surface area contributed by atoms with Crippen molar-refractivity contribution in [2.75, 3.05) is 44.7 Å². The number of hydrogen-bond donors (Lipinski definition) is 0. The SMILES string of the molecule is COC(=O)CCN1CCN(c2nc(C)ccc2C#N)CC1. The van der Waals surface area contributed by atoms with Gasteiger partial charge in [-0.15, -0.1) is 0 Å². The van der Waals surface area contributed by atoms with Crippen LogP contribution in [0.15, 0.2) is 12.1 Å². The lowest BCUT2D eigenvalue weighted by atomic mass is 10.2. The molecule has 1 aliphatic rings. The number of methoxy groups -OCH3 is 1. The number of rotatable bonds is 4. The highest BCUT2D eigenvalue weighted by molar-refractivity contribution is 5.69. The van der Waals surface area contributed by atoms with E-state index >= 15 is 0 Å². The van der Waals surface area contributed by atoms with Gasteiger partial charge in [0.1, 0.15) is 11.9 Å². The molecule has 0 N–H and O–H groups in total. The first-order valence-electron chi connectivity index (χ1n) is 7.06. The number of anilines is 1. The first-order chi connectivity index (χ1) is 10.1. The van der Waals surface area contributed by atoms with Gasteiger partial charge in [-0.05, 0) is 19.1 Å². The van der Waals surface area contributed by atoms with Gasteiger partial charge in [-0.25, -0.2) is 4.98 Å². The van der Waals surface area contributed by atoms with Gasteiger partial charge in [-0.1, -0.05) is 0 Å². The van der Waals surface area contributed by atoms with Crippen molar-refractivity contribution in [2.24, 2.45) is 0 Å². The number of aryl methyl sites for hydroxylation is 1. The molecule has 0 saturated carbocycles. The highest BCUT2D eigenvalue weighted by atomic mass is 16.5. The van der Waals surface area contributed by atoms with Gasteiger partial charge in [0.25, 0.3) is 0 Å². The molecule has 1 aromatic rings. The number of piperazine rings is 1. The topological polar surface area (TPSA) is 69.5 Å². The lowest BCUT2D eigenvalue weighted by Crippen LogP contribution is -2.47. The van der Waals surface area contributed by atoms with Crippen molar-refractivity contribution in [3.8, 4) is 6.07 Å². The molecule has 1 aliphatic heterocycles. The number of esters is 1. The van der Waals surface area contributed by atoms with Gasteiger partial charge in [0.05, 0.1) is 19.1 Å². The van der Waals surface area contributed by atoms with Crippen LogP contribution in [0.2, 0.25) is 0 Å². The van der Waals surface area contributed by atoms with Gasteiger partial charge in [0, 0.05) is 38.4 Å². The van der Waals surface area contributed by atoms with E-state index in [-0.39, 0.29) is 5.97 Å². The van der Waals surface area contributed by atoms with Gasteiger partial charge in [-0.3, -0.25) is 9.69 Å². The smallest absolute Gasteiger partial charge is 0.306 e. The molecular weight excluding hydrogens is 268 g/mol. The number of nitrogens with zero attached hydrogens (tertiary/aromatic N) is 4. The Morgan fingerprint density at radius 2 is 2.10 bits per heavy atom. The van der Waals surface area contributed by atoms with Crippen LogP contribution < -0.4 is 4.90 Å². The van der Waals surface area contributed by atoms with Gasteiger partial charge in [-0.2, -0.15) is 5.26 Å². The fourth-order valence-electron chi connectivity index (χ4n) is 2.41. The maximum atomic E-state index is 11.2. The molecule has 0 atom stereocenters. The van der Waals surface area contributed by atoms with E-state index in [9.17, 15) is 10.1 Å². The molecule has 1 aromatic heterocycles. The van der Waals surface area contributed by atoms with E-state index in [2.05, 4.69) is 25.6 Å². The fourth-order valence-corrected chi connectivity index (χ4v) is 2.41. The third-order valence-electron chi connectivity index (χ3n) is 3.67. The molecule has 0 bridgehead atoms. The molecule has 21 heavy (non-hydrogen) atoms. The van der Waals surface area contributed by atoms with Crippen molar-refractivity contribution in [1.29, 1.82) is 5.26 Å². The van der Waals surface area contributed by atoms with E-state index in [1.165, 1.54) is 7.11 Å². The summed E-state index contributed by atoms with van der Waals surface area (Å²) in [5.41, 5.74) is 1.53. The van der Waals surface area contributed by atoms with Crippen LogP contribution in [-0.2, 0) is 9.53 Å². The van der Waals surface area contributed by atoms with Crippen molar-refractivity contribution in [3.05, 3.63) is 23.4 Å². The van der Waals surface area contributed by atoms with Crippen LogP contribution >= 0.6 is 0 Å². The van der Waals surface area contributed by atoms with Gasteiger partial charge in [0.2, 0.25) is 0 Å². The molecule has 1 saturated heterocycles. The van der Waals surface area contributed by atoms with Crippen molar-refractivity contribution < 1.29 is 9.53 Å². The van der Waals surface area contributed by atoms with Crippen molar-refractivity contribution in [2.45, 2.75) is 13.3 Å². The second kappa shape index (κ2) is 7.04. The second-order valence-corrected chi connectivity index (χ2v) is 5.09. The normalized spacial score (nSPS) is 15.6. The van der Waals surface area contributed by atoms with Crippen LogP contribution in [0.5, 0.6) is 0 Å². The maximum absolute atomic E-state index is 11.2. The molecule has 2 rings (SSSR count). The first kappa shape index (κ1) is 15.3. The van der Waals surface area contributed by atoms with Gasteiger partial charge in [0.15, 0.2) is 0 Å². The van der Waals surface area contributed by atoms with E-state index in [4.69, 9.17) is 0 Å². The van der Waals surface area contributed by atoms with E-state index in [1.54, 1.807) is 0 Å². The molecular formula is C15H20N4O2. The molecule has 0 aromatic carbocycles. The monoisotopic (exact) mass is 288 g/mol.